The molecule has 11 heteroatoms. The number of nitrogens with zero attached hydrogens (tertiary/aromatic N) is 4. The molecule has 3 heterocycles. The van der Waals surface area contributed by atoms with Crippen molar-refractivity contribution in [2.24, 2.45) is 4.99 Å². The third kappa shape index (κ3) is 5.00. The summed E-state index contributed by atoms with van der Waals surface area (Å²) in [5.41, 5.74) is 1.45. The van der Waals surface area contributed by atoms with Crippen molar-refractivity contribution in [3.8, 4) is 23.1 Å². The van der Waals surface area contributed by atoms with Gasteiger partial charge < -0.3 is 24.8 Å². The number of benzene rings is 1. The largest absolute Gasteiger partial charge is 0.454 e. The van der Waals surface area contributed by atoms with Crippen molar-refractivity contribution in [3.63, 3.8) is 0 Å². The number of pyridine rings is 1. The maximum absolute atomic E-state index is 12.8. The van der Waals surface area contributed by atoms with Crippen molar-refractivity contribution >= 4 is 5.96 Å². The molecule has 0 unspecified atom stereocenters. The van der Waals surface area contributed by atoms with E-state index in [0.29, 0.717) is 35.4 Å². The van der Waals surface area contributed by atoms with Crippen molar-refractivity contribution in [1.29, 1.82) is 0 Å². The maximum atomic E-state index is 12.8. The lowest BCUT2D eigenvalue weighted by atomic mass is 10.1. The Kier molecular flexibility index (Phi) is 6.11. The summed E-state index contributed by atoms with van der Waals surface area (Å²) < 4.78 is 42.5. The SMILES string of the molecule is CN=C(NCc1ccnc(-n2cccn2)c1)NCc1cc2c(cc1OC(F)F)OCO2. The van der Waals surface area contributed by atoms with E-state index in [1.807, 2.05) is 24.4 Å². The topological polar surface area (TPSA) is 94.8 Å². The molecule has 1 aliphatic heterocycles. The van der Waals surface area contributed by atoms with Gasteiger partial charge in [0.05, 0.1) is 0 Å². The van der Waals surface area contributed by atoms with Crippen molar-refractivity contribution in [1.82, 2.24) is 25.4 Å². The van der Waals surface area contributed by atoms with Gasteiger partial charge in [-0.2, -0.15) is 13.9 Å². The lowest BCUT2D eigenvalue weighted by Gasteiger charge is -2.15. The zero-order valence-corrected chi connectivity index (χ0v) is 16.6. The molecule has 31 heavy (non-hydrogen) atoms. The highest BCUT2D eigenvalue weighted by atomic mass is 19.3. The summed E-state index contributed by atoms with van der Waals surface area (Å²) in [5.74, 6) is 2.04. The Morgan fingerprint density at radius 3 is 2.74 bits per heavy atom. The lowest BCUT2D eigenvalue weighted by Crippen LogP contribution is -2.36. The van der Waals surface area contributed by atoms with Gasteiger partial charge >= 0.3 is 6.61 Å². The molecule has 2 aromatic heterocycles. The van der Waals surface area contributed by atoms with Crippen LogP contribution in [0.1, 0.15) is 11.1 Å². The van der Waals surface area contributed by atoms with Gasteiger partial charge in [-0.1, -0.05) is 0 Å². The Balaban J connectivity index is 1.40. The van der Waals surface area contributed by atoms with E-state index in [0.717, 1.165) is 5.56 Å². The fraction of sp³-hybridized carbons (Fsp3) is 0.250. The van der Waals surface area contributed by atoms with Gasteiger partial charge in [-0.15, -0.1) is 0 Å². The van der Waals surface area contributed by atoms with Gasteiger partial charge in [0.2, 0.25) is 6.79 Å². The van der Waals surface area contributed by atoms with Crippen molar-refractivity contribution < 1.29 is 23.0 Å². The van der Waals surface area contributed by atoms with Crippen molar-refractivity contribution in [2.45, 2.75) is 19.7 Å². The summed E-state index contributed by atoms with van der Waals surface area (Å²) in [4.78, 5) is 8.47. The molecule has 0 atom stereocenters. The molecular weight excluding hydrogens is 410 g/mol. The second-order valence-electron chi connectivity index (χ2n) is 6.44. The van der Waals surface area contributed by atoms with Crippen LogP contribution in [0.5, 0.6) is 17.2 Å². The first kappa shape index (κ1) is 20.4. The van der Waals surface area contributed by atoms with Crippen LogP contribution in [0, 0.1) is 0 Å². The van der Waals surface area contributed by atoms with E-state index in [1.54, 1.807) is 30.2 Å². The number of aromatic nitrogens is 3. The highest BCUT2D eigenvalue weighted by Gasteiger charge is 2.20. The third-order valence-corrected chi connectivity index (χ3v) is 4.45. The Morgan fingerprint density at radius 2 is 2.00 bits per heavy atom. The van der Waals surface area contributed by atoms with Crippen LogP contribution in [0.2, 0.25) is 0 Å². The molecule has 162 valence electrons. The number of guanidine groups is 1. The first-order valence-corrected chi connectivity index (χ1v) is 9.39. The van der Waals surface area contributed by atoms with Crippen molar-refractivity contribution in [3.05, 3.63) is 60.0 Å². The summed E-state index contributed by atoms with van der Waals surface area (Å²) in [6.07, 6.45) is 5.19. The second kappa shape index (κ2) is 9.28. The molecule has 0 bridgehead atoms. The van der Waals surface area contributed by atoms with E-state index in [1.165, 1.54) is 6.07 Å². The van der Waals surface area contributed by atoms with Crippen LogP contribution >= 0.6 is 0 Å². The van der Waals surface area contributed by atoms with Crippen LogP contribution < -0.4 is 24.8 Å². The van der Waals surface area contributed by atoms with Crippen LogP contribution in [-0.4, -0.2) is 41.2 Å². The number of nitrogens with one attached hydrogen (secondary N) is 2. The minimum absolute atomic E-state index is 0.0141. The number of aliphatic imine (C=N–C) groups is 1. The monoisotopic (exact) mass is 430 g/mol. The van der Waals surface area contributed by atoms with Crippen molar-refractivity contribution in [2.75, 3.05) is 13.8 Å². The molecule has 0 spiro atoms. The molecule has 0 radical (unpaired) electrons. The molecule has 0 amide bonds. The predicted molar refractivity (Wildman–Crippen MR) is 108 cm³/mol. The zero-order valence-electron chi connectivity index (χ0n) is 16.6. The molecule has 0 saturated heterocycles. The third-order valence-electron chi connectivity index (χ3n) is 4.45. The molecule has 0 fully saturated rings. The van der Waals surface area contributed by atoms with Gasteiger partial charge in [0.25, 0.3) is 0 Å². The Labute approximate surface area is 176 Å². The van der Waals surface area contributed by atoms with Gasteiger partial charge in [0.15, 0.2) is 23.3 Å². The summed E-state index contributed by atoms with van der Waals surface area (Å²) in [6, 6.07) is 8.61. The first-order chi connectivity index (χ1) is 15.1. The standard InChI is InChI=1S/C20H20F2N6O3/c1-23-20(25-10-13-3-5-24-18(7-13)28-6-2-4-27-28)26-11-14-8-16-17(30-12-29-16)9-15(14)31-19(21)22/h2-9,19H,10-12H2,1H3,(H2,23,25,26). The van der Waals surface area contributed by atoms with Gasteiger partial charge in [-0.25, -0.2) is 9.67 Å². The normalized spacial score (nSPS) is 12.8. The van der Waals surface area contributed by atoms with E-state index < -0.39 is 6.61 Å². The fourth-order valence-corrected chi connectivity index (χ4v) is 2.99. The molecule has 4 rings (SSSR count). The molecule has 0 aliphatic carbocycles. The number of halogens is 2. The smallest absolute Gasteiger partial charge is 0.387 e. The van der Waals surface area contributed by atoms with Crippen LogP contribution in [0.3, 0.4) is 0 Å². The molecular formula is C20H20F2N6O3. The highest BCUT2D eigenvalue weighted by Crippen LogP contribution is 2.38. The predicted octanol–water partition coefficient (Wildman–Crippen LogP) is 2.46. The number of alkyl halides is 2. The van der Waals surface area contributed by atoms with Gasteiger partial charge in [0, 0.05) is 50.4 Å². The minimum Gasteiger partial charge on any atom is -0.454 e. The van der Waals surface area contributed by atoms with Gasteiger partial charge in [0.1, 0.15) is 5.75 Å². The number of ether oxygens (including phenoxy) is 3. The molecule has 9 nitrogen and oxygen atoms in total. The Morgan fingerprint density at radius 1 is 1.19 bits per heavy atom. The zero-order chi connectivity index (χ0) is 21.6. The average Bonchev–Trinajstić information content (AvgIpc) is 3.45. The lowest BCUT2D eigenvalue weighted by molar-refractivity contribution is -0.0505. The molecule has 2 N–H and O–H groups in total. The molecule has 3 aromatic rings. The van der Waals surface area contributed by atoms with Crippen LogP contribution in [0.4, 0.5) is 8.78 Å². The quantitative estimate of drug-likeness (QED) is 0.439. The van der Waals surface area contributed by atoms with E-state index in [4.69, 9.17) is 9.47 Å². The number of hydrogen-bond acceptors (Lipinski definition) is 6. The number of rotatable bonds is 7. The molecule has 1 aromatic carbocycles. The van der Waals surface area contributed by atoms with Gasteiger partial charge in [-0.3, -0.25) is 4.99 Å². The molecule has 1 aliphatic rings. The van der Waals surface area contributed by atoms with E-state index in [2.05, 4.69) is 30.4 Å². The Hall–Kier alpha value is -3.89. The van der Waals surface area contributed by atoms with E-state index in [-0.39, 0.29) is 19.1 Å². The second-order valence-corrected chi connectivity index (χ2v) is 6.44. The van der Waals surface area contributed by atoms with E-state index in [9.17, 15) is 8.78 Å². The van der Waals surface area contributed by atoms with Crippen LogP contribution in [-0.2, 0) is 13.1 Å². The summed E-state index contributed by atoms with van der Waals surface area (Å²) in [7, 11) is 1.62. The average molecular weight is 430 g/mol. The summed E-state index contributed by atoms with van der Waals surface area (Å²) in [5, 5.41) is 10.4. The number of hydrogen-bond donors (Lipinski definition) is 2. The van der Waals surface area contributed by atoms with Gasteiger partial charge in [-0.05, 0) is 29.8 Å². The minimum atomic E-state index is -2.95. The van der Waals surface area contributed by atoms with E-state index >= 15 is 0 Å². The molecule has 0 saturated carbocycles. The fourth-order valence-electron chi connectivity index (χ4n) is 2.99. The maximum Gasteiger partial charge on any atom is 0.387 e. The number of fused-ring (bicyclic) bond motifs is 1. The summed E-state index contributed by atoms with van der Waals surface area (Å²) >= 11 is 0. The van der Waals surface area contributed by atoms with Crippen LogP contribution in [0.25, 0.3) is 5.82 Å². The first-order valence-electron chi connectivity index (χ1n) is 9.39. The summed E-state index contributed by atoms with van der Waals surface area (Å²) in [6.45, 7) is -2.26. The Bertz CT molecular complexity index is 1060. The highest BCUT2D eigenvalue weighted by molar-refractivity contribution is 5.79. The van der Waals surface area contributed by atoms with Crippen LogP contribution in [0.15, 0.2) is 53.9 Å².